The summed E-state index contributed by atoms with van der Waals surface area (Å²) in [5.74, 6) is 1.80. The molecular weight excluding hydrogens is 326 g/mol. The molecule has 132 valence electrons. The van der Waals surface area contributed by atoms with Crippen molar-refractivity contribution in [1.82, 2.24) is 4.90 Å². The molecule has 2 rings (SSSR count). The molecule has 0 radical (unpaired) electrons. The Morgan fingerprint density at radius 1 is 1.42 bits per heavy atom. The van der Waals surface area contributed by atoms with Gasteiger partial charge in [-0.25, -0.2) is 0 Å². The largest absolute Gasteiger partial charge is 0.491 e. The minimum atomic E-state index is 0.0294. The Hall–Kier alpha value is -1.68. The highest BCUT2D eigenvalue weighted by atomic mass is 35.5. The zero-order valence-corrected chi connectivity index (χ0v) is 15.6. The van der Waals surface area contributed by atoms with Crippen LogP contribution < -0.4 is 9.47 Å². The second kappa shape index (κ2) is 8.43. The second-order valence-corrected chi connectivity index (χ2v) is 6.74. The SMILES string of the molecule is CCOc1cc(/C=C/C(=O)N(CC2CC2)C(C)C)cc(Cl)c1OC. The summed E-state index contributed by atoms with van der Waals surface area (Å²) in [4.78, 5) is 14.4. The van der Waals surface area contributed by atoms with Gasteiger partial charge in [0.25, 0.3) is 0 Å². The molecule has 1 saturated carbocycles. The van der Waals surface area contributed by atoms with Crippen LogP contribution in [-0.4, -0.2) is 37.1 Å². The first kappa shape index (κ1) is 18.7. The first-order valence-electron chi connectivity index (χ1n) is 8.45. The topological polar surface area (TPSA) is 38.8 Å². The molecule has 0 aromatic heterocycles. The molecule has 0 unspecified atom stereocenters. The molecule has 24 heavy (non-hydrogen) atoms. The van der Waals surface area contributed by atoms with E-state index >= 15 is 0 Å². The fraction of sp³-hybridized carbons (Fsp3) is 0.526. The minimum absolute atomic E-state index is 0.0294. The van der Waals surface area contributed by atoms with Gasteiger partial charge in [0.2, 0.25) is 5.91 Å². The Kier molecular flexibility index (Phi) is 6.55. The third-order valence-electron chi connectivity index (χ3n) is 4.01. The zero-order chi connectivity index (χ0) is 17.7. The maximum atomic E-state index is 12.5. The number of hydrogen-bond acceptors (Lipinski definition) is 3. The van der Waals surface area contributed by atoms with E-state index in [1.165, 1.54) is 12.8 Å². The molecule has 1 fully saturated rings. The van der Waals surface area contributed by atoms with Crippen LogP contribution in [0.15, 0.2) is 18.2 Å². The molecule has 1 aromatic carbocycles. The Morgan fingerprint density at radius 2 is 2.12 bits per heavy atom. The first-order chi connectivity index (χ1) is 11.5. The fourth-order valence-corrected chi connectivity index (χ4v) is 2.84. The van der Waals surface area contributed by atoms with Crippen LogP contribution in [0.5, 0.6) is 11.5 Å². The quantitative estimate of drug-likeness (QED) is 0.651. The second-order valence-electron chi connectivity index (χ2n) is 6.33. The lowest BCUT2D eigenvalue weighted by Crippen LogP contribution is -2.37. The maximum Gasteiger partial charge on any atom is 0.246 e. The summed E-state index contributed by atoms with van der Waals surface area (Å²) in [5.41, 5.74) is 0.813. The van der Waals surface area contributed by atoms with Crippen LogP contribution in [-0.2, 0) is 4.79 Å². The number of rotatable bonds is 8. The van der Waals surface area contributed by atoms with E-state index in [9.17, 15) is 4.79 Å². The van der Waals surface area contributed by atoms with Gasteiger partial charge in [0.05, 0.1) is 18.7 Å². The van der Waals surface area contributed by atoms with E-state index in [1.54, 1.807) is 25.3 Å². The van der Waals surface area contributed by atoms with Crippen molar-refractivity contribution in [3.05, 3.63) is 28.8 Å². The van der Waals surface area contributed by atoms with E-state index < -0.39 is 0 Å². The molecule has 1 amide bonds. The van der Waals surface area contributed by atoms with Crippen LogP contribution in [0, 0.1) is 5.92 Å². The van der Waals surface area contributed by atoms with E-state index in [0.717, 1.165) is 12.1 Å². The summed E-state index contributed by atoms with van der Waals surface area (Å²) in [5, 5.41) is 0.467. The minimum Gasteiger partial charge on any atom is -0.491 e. The van der Waals surface area contributed by atoms with Crippen LogP contribution in [0.3, 0.4) is 0 Å². The van der Waals surface area contributed by atoms with Crippen molar-refractivity contribution in [2.45, 2.75) is 39.7 Å². The monoisotopic (exact) mass is 351 g/mol. The molecular formula is C19H26ClNO3. The standard InChI is InChI=1S/C19H26ClNO3/c1-5-24-17-11-15(10-16(20)19(17)23-4)8-9-18(22)21(13(2)3)12-14-6-7-14/h8-11,13-14H,5-7,12H2,1-4H3/b9-8+. The number of ether oxygens (including phenoxy) is 2. The Balaban J connectivity index is 2.15. The molecule has 1 aliphatic rings. The van der Waals surface area contributed by atoms with E-state index in [1.807, 2.05) is 31.7 Å². The Morgan fingerprint density at radius 3 is 2.67 bits per heavy atom. The summed E-state index contributed by atoms with van der Waals surface area (Å²) in [7, 11) is 1.56. The molecule has 0 aliphatic heterocycles. The summed E-state index contributed by atoms with van der Waals surface area (Å²) >= 11 is 6.24. The van der Waals surface area contributed by atoms with Gasteiger partial charge in [-0.05, 0) is 63.3 Å². The zero-order valence-electron chi connectivity index (χ0n) is 14.8. The van der Waals surface area contributed by atoms with Crippen LogP contribution >= 0.6 is 11.6 Å². The summed E-state index contributed by atoms with van der Waals surface area (Å²) in [6.45, 7) is 7.35. The van der Waals surface area contributed by atoms with Gasteiger partial charge in [0.1, 0.15) is 0 Å². The van der Waals surface area contributed by atoms with E-state index in [2.05, 4.69) is 0 Å². The van der Waals surface area contributed by atoms with Gasteiger partial charge in [-0.3, -0.25) is 4.79 Å². The predicted octanol–water partition coefficient (Wildman–Crippen LogP) is 4.41. The Labute approximate surface area is 149 Å². The van der Waals surface area contributed by atoms with Crippen molar-refractivity contribution < 1.29 is 14.3 Å². The van der Waals surface area contributed by atoms with Crippen LogP contribution in [0.2, 0.25) is 5.02 Å². The molecule has 0 bridgehead atoms. The molecule has 0 atom stereocenters. The molecule has 1 aromatic rings. The molecule has 0 N–H and O–H groups in total. The van der Waals surface area contributed by atoms with E-state index in [-0.39, 0.29) is 11.9 Å². The van der Waals surface area contributed by atoms with Gasteiger partial charge in [0, 0.05) is 18.7 Å². The summed E-state index contributed by atoms with van der Waals surface area (Å²) < 4.78 is 10.8. The fourth-order valence-electron chi connectivity index (χ4n) is 2.54. The lowest BCUT2D eigenvalue weighted by molar-refractivity contribution is -0.127. The van der Waals surface area contributed by atoms with Crippen LogP contribution in [0.1, 0.15) is 39.2 Å². The van der Waals surface area contributed by atoms with Crippen molar-refractivity contribution in [2.24, 2.45) is 5.92 Å². The Bertz CT molecular complexity index is 609. The third kappa shape index (κ3) is 4.91. The van der Waals surface area contributed by atoms with Gasteiger partial charge < -0.3 is 14.4 Å². The smallest absolute Gasteiger partial charge is 0.246 e. The third-order valence-corrected chi connectivity index (χ3v) is 4.29. The van der Waals surface area contributed by atoms with Crippen LogP contribution in [0.25, 0.3) is 6.08 Å². The molecule has 4 nitrogen and oxygen atoms in total. The number of methoxy groups -OCH3 is 1. The number of carbonyl (C=O) groups is 1. The average molecular weight is 352 g/mol. The lowest BCUT2D eigenvalue weighted by Gasteiger charge is -2.25. The summed E-state index contributed by atoms with van der Waals surface area (Å²) in [6.07, 6.45) is 5.84. The number of nitrogens with zero attached hydrogens (tertiary/aromatic N) is 1. The lowest BCUT2D eigenvalue weighted by atomic mass is 10.1. The normalized spacial score (nSPS) is 14.2. The van der Waals surface area contributed by atoms with Gasteiger partial charge in [0.15, 0.2) is 11.5 Å². The highest BCUT2D eigenvalue weighted by Crippen LogP contribution is 2.36. The molecule has 1 aliphatic carbocycles. The highest BCUT2D eigenvalue weighted by molar-refractivity contribution is 6.32. The number of halogens is 1. The average Bonchev–Trinajstić information content (AvgIpc) is 3.34. The van der Waals surface area contributed by atoms with Gasteiger partial charge >= 0.3 is 0 Å². The van der Waals surface area contributed by atoms with Crippen LogP contribution in [0.4, 0.5) is 0 Å². The molecule has 0 heterocycles. The van der Waals surface area contributed by atoms with Crippen molar-refractivity contribution >= 4 is 23.6 Å². The van der Waals surface area contributed by atoms with E-state index in [0.29, 0.717) is 29.0 Å². The predicted molar refractivity (Wildman–Crippen MR) is 97.8 cm³/mol. The maximum absolute atomic E-state index is 12.5. The molecule has 0 spiro atoms. The molecule has 5 heteroatoms. The van der Waals surface area contributed by atoms with E-state index in [4.69, 9.17) is 21.1 Å². The van der Waals surface area contributed by atoms with Crippen molar-refractivity contribution in [3.63, 3.8) is 0 Å². The molecule has 0 saturated heterocycles. The van der Waals surface area contributed by atoms with Gasteiger partial charge in [-0.2, -0.15) is 0 Å². The number of carbonyl (C=O) groups excluding carboxylic acids is 1. The van der Waals surface area contributed by atoms with Crippen molar-refractivity contribution in [3.8, 4) is 11.5 Å². The number of hydrogen-bond donors (Lipinski definition) is 0. The highest BCUT2D eigenvalue weighted by Gasteiger charge is 2.27. The van der Waals surface area contributed by atoms with Gasteiger partial charge in [-0.1, -0.05) is 11.6 Å². The van der Waals surface area contributed by atoms with Crippen molar-refractivity contribution in [2.75, 3.05) is 20.3 Å². The van der Waals surface area contributed by atoms with Crippen molar-refractivity contribution in [1.29, 1.82) is 0 Å². The number of amides is 1. The first-order valence-corrected chi connectivity index (χ1v) is 8.83. The summed E-state index contributed by atoms with van der Waals surface area (Å²) in [6, 6.07) is 3.80. The van der Waals surface area contributed by atoms with Gasteiger partial charge in [-0.15, -0.1) is 0 Å². The number of benzene rings is 1.